The summed E-state index contributed by atoms with van der Waals surface area (Å²) in [6.45, 7) is 1.59. The molecule has 0 saturated heterocycles. The van der Waals surface area contributed by atoms with Crippen molar-refractivity contribution in [3.05, 3.63) is 83.4 Å². The van der Waals surface area contributed by atoms with Crippen LogP contribution in [0.2, 0.25) is 0 Å². The maximum atomic E-state index is 13.1. The van der Waals surface area contributed by atoms with Crippen LogP contribution in [0.15, 0.2) is 66.7 Å². The first-order valence-electron chi connectivity index (χ1n) is 11.6. The Hall–Kier alpha value is -4.00. The Morgan fingerprint density at radius 2 is 1.62 bits per heavy atom. The number of nitrogens with one attached hydrogen (secondary N) is 3. The summed E-state index contributed by atoms with van der Waals surface area (Å²) in [4.78, 5) is 27.9. The fourth-order valence-electron chi connectivity index (χ4n) is 4.23. The summed E-state index contributed by atoms with van der Waals surface area (Å²) >= 11 is 0. The summed E-state index contributed by atoms with van der Waals surface area (Å²) in [7, 11) is 1.60. The number of amides is 3. The molecule has 7 heteroatoms. The summed E-state index contributed by atoms with van der Waals surface area (Å²) in [5.41, 5.74) is 5.31. The van der Waals surface area contributed by atoms with E-state index in [4.69, 9.17) is 4.74 Å². The van der Waals surface area contributed by atoms with Crippen LogP contribution in [0.1, 0.15) is 34.3 Å². The van der Waals surface area contributed by atoms with E-state index in [0.29, 0.717) is 22.7 Å². The number of fused-ring (bicyclic) bond motifs is 1. The van der Waals surface area contributed by atoms with E-state index in [0.717, 1.165) is 38.0 Å². The van der Waals surface area contributed by atoms with Crippen molar-refractivity contribution in [2.45, 2.75) is 31.8 Å². The highest BCUT2D eigenvalue weighted by atomic mass is 16.5. The lowest BCUT2D eigenvalue weighted by Gasteiger charge is -2.32. The monoisotopic (exact) mass is 456 g/mol. The van der Waals surface area contributed by atoms with E-state index in [1.54, 1.807) is 37.4 Å². The molecule has 3 N–H and O–H groups in total. The predicted octanol–water partition coefficient (Wildman–Crippen LogP) is 4.79. The minimum absolute atomic E-state index is 0.101. The number of benzene rings is 3. The molecule has 1 aliphatic carbocycles. The summed E-state index contributed by atoms with van der Waals surface area (Å²) < 4.78 is 5.15. The molecule has 3 amide bonds. The highest BCUT2D eigenvalue weighted by Crippen LogP contribution is 2.30. The Morgan fingerprint density at radius 1 is 0.912 bits per heavy atom. The normalized spacial score (nSPS) is 14.7. The summed E-state index contributed by atoms with van der Waals surface area (Å²) in [5, 5.41) is 8.75. The van der Waals surface area contributed by atoms with Crippen molar-refractivity contribution in [3.63, 3.8) is 0 Å². The molecular weight excluding hydrogens is 428 g/mol. The third-order valence-corrected chi connectivity index (χ3v) is 6.23. The Labute approximate surface area is 199 Å². The molecule has 0 unspecified atom stereocenters. The summed E-state index contributed by atoms with van der Waals surface area (Å²) in [5.74, 6) is 0.615. The number of hydrogen-bond acceptors (Lipinski definition) is 4. The molecule has 0 spiro atoms. The molecule has 2 aliphatic rings. The van der Waals surface area contributed by atoms with Gasteiger partial charge < -0.3 is 25.6 Å². The lowest BCUT2D eigenvalue weighted by molar-refractivity contribution is 0.0951. The zero-order valence-corrected chi connectivity index (χ0v) is 19.1. The standard InChI is InChI=1S/C27H28N4O3/c1-34-23-11-8-21(9-12-23)29-27(33)30-22-10-13-25(24(16-22)26(32)28-20-6-7-20)31-15-14-18-4-2-3-5-19(18)17-31/h2-5,8-13,16,20H,6-7,14-15,17H2,1H3,(H,28,32)(H2,29,30,33). The minimum Gasteiger partial charge on any atom is -0.497 e. The van der Waals surface area contributed by atoms with Gasteiger partial charge in [0.15, 0.2) is 0 Å². The number of carbonyl (C=O) groups is 2. The van der Waals surface area contributed by atoms with Crippen LogP contribution in [0.25, 0.3) is 0 Å². The number of methoxy groups -OCH3 is 1. The maximum absolute atomic E-state index is 13.1. The van der Waals surface area contributed by atoms with Crippen molar-refractivity contribution in [2.24, 2.45) is 0 Å². The van der Waals surface area contributed by atoms with Gasteiger partial charge in [-0.3, -0.25) is 4.79 Å². The van der Waals surface area contributed by atoms with Gasteiger partial charge in [0.1, 0.15) is 5.75 Å². The average Bonchev–Trinajstić information content (AvgIpc) is 3.68. The van der Waals surface area contributed by atoms with Gasteiger partial charge in [0.25, 0.3) is 5.91 Å². The van der Waals surface area contributed by atoms with Crippen molar-refractivity contribution in [2.75, 3.05) is 29.2 Å². The van der Waals surface area contributed by atoms with Crippen molar-refractivity contribution in [1.29, 1.82) is 0 Å². The molecular formula is C27H28N4O3. The average molecular weight is 457 g/mol. The van der Waals surface area contributed by atoms with Gasteiger partial charge in [-0.15, -0.1) is 0 Å². The van der Waals surface area contributed by atoms with Gasteiger partial charge in [-0.25, -0.2) is 4.79 Å². The lowest BCUT2D eigenvalue weighted by Crippen LogP contribution is -2.33. The molecule has 0 atom stereocenters. The number of carbonyl (C=O) groups excluding carboxylic acids is 2. The van der Waals surface area contributed by atoms with Crippen LogP contribution >= 0.6 is 0 Å². The first-order valence-corrected chi connectivity index (χ1v) is 11.6. The van der Waals surface area contributed by atoms with Crippen LogP contribution < -0.4 is 25.6 Å². The minimum atomic E-state index is -0.377. The van der Waals surface area contributed by atoms with Crippen molar-refractivity contribution >= 4 is 29.0 Å². The van der Waals surface area contributed by atoms with Crippen LogP contribution in [0.5, 0.6) is 5.75 Å². The Balaban J connectivity index is 1.35. The van der Waals surface area contributed by atoms with E-state index in [-0.39, 0.29) is 18.0 Å². The van der Waals surface area contributed by atoms with Crippen LogP contribution in [0.3, 0.4) is 0 Å². The van der Waals surface area contributed by atoms with E-state index >= 15 is 0 Å². The fourth-order valence-corrected chi connectivity index (χ4v) is 4.23. The first-order chi connectivity index (χ1) is 16.6. The van der Waals surface area contributed by atoms with Crippen LogP contribution in [-0.4, -0.2) is 31.6 Å². The molecule has 174 valence electrons. The Kier molecular flexibility index (Phi) is 6.08. The lowest BCUT2D eigenvalue weighted by atomic mass is 9.98. The van der Waals surface area contributed by atoms with Gasteiger partial charge in [0.2, 0.25) is 0 Å². The largest absolute Gasteiger partial charge is 0.497 e. The fraction of sp³-hybridized carbons (Fsp3) is 0.259. The molecule has 0 bridgehead atoms. The molecule has 1 fully saturated rings. The molecule has 0 aromatic heterocycles. The highest BCUT2D eigenvalue weighted by Gasteiger charge is 2.27. The smallest absolute Gasteiger partial charge is 0.323 e. The van der Waals surface area contributed by atoms with E-state index in [1.165, 1.54) is 11.1 Å². The van der Waals surface area contributed by atoms with Gasteiger partial charge in [-0.1, -0.05) is 24.3 Å². The van der Waals surface area contributed by atoms with Gasteiger partial charge in [0, 0.05) is 36.2 Å². The van der Waals surface area contributed by atoms with E-state index < -0.39 is 0 Å². The number of urea groups is 1. The SMILES string of the molecule is COc1ccc(NC(=O)Nc2ccc(N3CCc4ccccc4C3)c(C(=O)NC3CC3)c2)cc1. The second-order valence-corrected chi connectivity index (χ2v) is 8.73. The predicted molar refractivity (Wildman–Crippen MR) is 134 cm³/mol. The van der Waals surface area contributed by atoms with Gasteiger partial charge in [-0.05, 0) is 72.9 Å². The molecule has 34 heavy (non-hydrogen) atoms. The maximum Gasteiger partial charge on any atom is 0.323 e. The topological polar surface area (TPSA) is 82.7 Å². The van der Waals surface area contributed by atoms with E-state index in [9.17, 15) is 9.59 Å². The van der Waals surface area contributed by atoms with E-state index in [2.05, 4.69) is 45.1 Å². The molecule has 1 heterocycles. The number of hydrogen-bond donors (Lipinski definition) is 3. The second-order valence-electron chi connectivity index (χ2n) is 8.73. The number of anilines is 3. The van der Waals surface area contributed by atoms with Gasteiger partial charge >= 0.3 is 6.03 Å². The first kappa shape index (κ1) is 21.8. The van der Waals surface area contributed by atoms with E-state index in [1.807, 2.05) is 12.1 Å². The number of nitrogens with zero attached hydrogens (tertiary/aromatic N) is 1. The van der Waals surface area contributed by atoms with Crippen molar-refractivity contribution in [1.82, 2.24) is 5.32 Å². The van der Waals surface area contributed by atoms with Crippen molar-refractivity contribution in [3.8, 4) is 5.75 Å². The van der Waals surface area contributed by atoms with Crippen LogP contribution in [0, 0.1) is 0 Å². The number of rotatable bonds is 6. The molecule has 3 aromatic carbocycles. The molecule has 0 radical (unpaired) electrons. The Morgan fingerprint density at radius 3 is 2.35 bits per heavy atom. The molecule has 5 rings (SSSR count). The van der Waals surface area contributed by atoms with Crippen LogP contribution in [-0.2, 0) is 13.0 Å². The van der Waals surface area contributed by atoms with Crippen molar-refractivity contribution < 1.29 is 14.3 Å². The molecule has 7 nitrogen and oxygen atoms in total. The zero-order chi connectivity index (χ0) is 23.5. The highest BCUT2D eigenvalue weighted by molar-refractivity contribution is 6.04. The molecule has 1 saturated carbocycles. The Bertz CT molecular complexity index is 1200. The second kappa shape index (κ2) is 9.47. The van der Waals surface area contributed by atoms with Crippen LogP contribution in [0.4, 0.5) is 21.9 Å². The molecule has 3 aromatic rings. The zero-order valence-electron chi connectivity index (χ0n) is 19.1. The third kappa shape index (κ3) is 4.98. The summed E-state index contributed by atoms with van der Waals surface area (Å²) in [6, 6.07) is 20.9. The van der Waals surface area contributed by atoms with Gasteiger partial charge in [0.05, 0.1) is 12.7 Å². The number of ether oxygens (including phenoxy) is 1. The summed E-state index contributed by atoms with van der Waals surface area (Å²) in [6.07, 6.45) is 2.96. The third-order valence-electron chi connectivity index (χ3n) is 6.23. The quantitative estimate of drug-likeness (QED) is 0.498. The van der Waals surface area contributed by atoms with Gasteiger partial charge in [-0.2, -0.15) is 0 Å². The molecule has 1 aliphatic heterocycles.